The minimum absolute atomic E-state index is 0.167. The number of allylic oxidation sites excluding steroid dienone is 2. The van der Waals surface area contributed by atoms with E-state index in [1.807, 2.05) is 0 Å². The summed E-state index contributed by atoms with van der Waals surface area (Å²) in [5.74, 6) is 1.31. The molecule has 0 unspecified atom stereocenters. The molecule has 0 radical (unpaired) electrons. The Hall–Kier alpha value is -0.790. The van der Waals surface area contributed by atoms with E-state index in [0.29, 0.717) is 12.5 Å². The predicted molar refractivity (Wildman–Crippen MR) is 82.1 cm³/mol. The second kappa shape index (κ2) is 11.1. The molecule has 0 aromatic heterocycles. The van der Waals surface area contributed by atoms with Crippen molar-refractivity contribution in [1.29, 1.82) is 0 Å². The standard InChI is InChI=1S/C17H32O2/c1-14(2)8-6-9-15(3)10-7-11-16(4)12-13-19-17(5)18/h8,15-16H,6-7,9-13H2,1-5H3/t15-,16-/m0/s1. The van der Waals surface area contributed by atoms with E-state index in [4.69, 9.17) is 4.74 Å². The zero-order chi connectivity index (χ0) is 14.7. The van der Waals surface area contributed by atoms with Crippen LogP contribution in [0.3, 0.4) is 0 Å². The Bertz CT molecular complexity index is 264. The molecule has 0 saturated carbocycles. The summed E-state index contributed by atoms with van der Waals surface area (Å²) in [5, 5.41) is 0. The van der Waals surface area contributed by atoms with E-state index >= 15 is 0 Å². The average Bonchev–Trinajstić information content (AvgIpc) is 2.27. The molecule has 0 aliphatic heterocycles. The minimum atomic E-state index is -0.167. The van der Waals surface area contributed by atoms with Gasteiger partial charge in [0.05, 0.1) is 6.61 Å². The summed E-state index contributed by atoms with van der Waals surface area (Å²) < 4.78 is 4.97. The van der Waals surface area contributed by atoms with Gasteiger partial charge in [0.25, 0.3) is 0 Å². The van der Waals surface area contributed by atoms with Crippen LogP contribution in [0, 0.1) is 11.8 Å². The zero-order valence-electron chi connectivity index (χ0n) is 13.5. The highest BCUT2D eigenvalue weighted by atomic mass is 16.5. The lowest BCUT2D eigenvalue weighted by Crippen LogP contribution is -2.06. The normalized spacial score (nSPS) is 13.7. The van der Waals surface area contributed by atoms with E-state index in [0.717, 1.165) is 12.3 Å². The van der Waals surface area contributed by atoms with Gasteiger partial charge in [0, 0.05) is 6.92 Å². The second-order valence-corrected chi connectivity index (χ2v) is 6.13. The minimum Gasteiger partial charge on any atom is -0.466 e. The van der Waals surface area contributed by atoms with Gasteiger partial charge < -0.3 is 4.74 Å². The highest BCUT2D eigenvalue weighted by Crippen LogP contribution is 2.19. The van der Waals surface area contributed by atoms with E-state index in [1.165, 1.54) is 44.6 Å². The molecular weight excluding hydrogens is 236 g/mol. The van der Waals surface area contributed by atoms with E-state index < -0.39 is 0 Å². The van der Waals surface area contributed by atoms with Crippen LogP contribution in [0.1, 0.15) is 73.1 Å². The van der Waals surface area contributed by atoms with Crippen LogP contribution in [-0.4, -0.2) is 12.6 Å². The van der Waals surface area contributed by atoms with Crippen molar-refractivity contribution in [1.82, 2.24) is 0 Å². The van der Waals surface area contributed by atoms with E-state index in [-0.39, 0.29) is 5.97 Å². The summed E-state index contributed by atoms with van der Waals surface area (Å²) in [5.41, 5.74) is 1.42. The maximum atomic E-state index is 10.6. The maximum Gasteiger partial charge on any atom is 0.302 e. The van der Waals surface area contributed by atoms with E-state index in [1.54, 1.807) is 0 Å². The lowest BCUT2D eigenvalue weighted by atomic mass is 9.94. The van der Waals surface area contributed by atoms with Gasteiger partial charge in [-0.25, -0.2) is 0 Å². The van der Waals surface area contributed by atoms with Crippen molar-refractivity contribution in [2.75, 3.05) is 6.61 Å². The molecular formula is C17H32O2. The Morgan fingerprint density at radius 3 is 2.11 bits per heavy atom. The molecule has 0 N–H and O–H groups in total. The molecule has 19 heavy (non-hydrogen) atoms. The monoisotopic (exact) mass is 268 g/mol. The highest BCUT2D eigenvalue weighted by Gasteiger charge is 2.06. The first kappa shape index (κ1) is 18.2. The Morgan fingerprint density at radius 1 is 1.00 bits per heavy atom. The summed E-state index contributed by atoms with van der Waals surface area (Å²) >= 11 is 0. The molecule has 0 heterocycles. The predicted octanol–water partition coefficient (Wildman–Crippen LogP) is 5.13. The third-order valence-corrected chi connectivity index (χ3v) is 3.52. The summed E-state index contributed by atoms with van der Waals surface area (Å²) in [6, 6.07) is 0. The molecule has 0 bridgehead atoms. The van der Waals surface area contributed by atoms with Gasteiger partial charge >= 0.3 is 5.97 Å². The van der Waals surface area contributed by atoms with Crippen LogP contribution in [0.4, 0.5) is 0 Å². The second-order valence-electron chi connectivity index (χ2n) is 6.13. The average molecular weight is 268 g/mol. The fourth-order valence-corrected chi connectivity index (χ4v) is 2.16. The fourth-order valence-electron chi connectivity index (χ4n) is 2.16. The third-order valence-electron chi connectivity index (χ3n) is 3.52. The Kier molecular flexibility index (Phi) is 10.6. The van der Waals surface area contributed by atoms with Crippen LogP contribution in [0.2, 0.25) is 0 Å². The van der Waals surface area contributed by atoms with E-state index in [9.17, 15) is 4.79 Å². The third kappa shape index (κ3) is 13.4. The fraction of sp³-hybridized carbons (Fsp3) is 0.824. The Labute approximate surface area is 119 Å². The van der Waals surface area contributed by atoms with Crippen LogP contribution in [0.15, 0.2) is 11.6 Å². The molecule has 112 valence electrons. The van der Waals surface area contributed by atoms with Crippen LogP contribution >= 0.6 is 0 Å². The van der Waals surface area contributed by atoms with Crippen LogP contribution in [0.25, 0.3) is 0 Å². The molecule has 0 fully saturated rings. The first-order chi connectivity index (χ1) is 8.91. The van der Waals surface area contributed by atoms with Crippen molar-refractivity contribution in [3.8, 4) is 0 Å². The van der Waals surface area contributed by atoms with Crippen molar-refractivity contribution in [2.45, 2.75) is 73.1 Å². The molecule has 0 saturated heterocycles. The highest BCUT2D eigenvalue weighted by molar-refractivity contribution is 5.65. The lowest BCUT2D eigenvalue weighted by Gasteiger charge is -2.14. The quantitative estimate of drug-likeness (QED) is 0.405. The van der Waals surface area contributed by atoms with Gasteiger partial charge in [-0.2, -0.15) is 0 Å². The van der Waals surface area contributed by atoms with Crippen molar-refractivity contribution in [2.24, 2.45) is 11.8 Å². The molecule has 0 spiro atoms. The summed E-state index contributed by atoms with van der Waals surface area (Å²) in [6.07, 6.45) is 9.68. The van der Waals surface area contributed by atoms with Crippen LogP contribution < -0.4 is 0 Å². The topological polar surface area (TPSA) is 26.3 Å². The van der Waals surface area contributed by atoms with Gasteiger partial charge in [-0.05, 0) is 44.9 Å². The Balaban J connectivity index is 3.50. The van der Waals surface area contributed by atoms with Crippen molar-refractivity contribution in [3.63, 3.8) is 0 Å². The SMILES string of the molecule is CC(=O)OCC[C@@H](C)CCC[C@@H](C)CCC=C(C)C. The Morgan fingerprint density at radius 2 is 1.58 bits per heavy atom. The number of hydrogen-bond donors (Lipinski definition) is 0. The van der Waals surface area contributed by atoms with Gasteiger partial charge in [-0.15, -0.1) is 0 Å². The first-order valence-corrected chi connectivity index (χ1v) is 7.68. The van der Waals surface area contributed by atoms with Gasteiger partial charge in [0.1, 0.15) is 0 Å². The molecule has 0 aromatic rings. The van der Waals surface area contributed by atoms with Gasteiger partial charge in [0.15, 0.2) is 0 Å². The molecule has 2 nitrogen and oxygen atoms in total. The summed E-state index contributed by atoms with van der Waals surface area (Å²) in [6.45, 7) is 11.0. The molecule has 0 aromatic carbocycles. The van der Waals surface area contributed by atoms with E-state index in [2.05, 4.69) is 33.8 Å². The number of carbonyl (C=O) groups excluding carboxylic acids is 1. The molecule has 0 amide bonds. The van der Waals surface area contributed by atoms with Crippen molar-refractivity contribution < 1.29 is 9.53 Å². The lowest BCUT2D eigenvalue weighted by molar-refractivity contribution is -0.141. The number of ether oxygens (including phenoxy) is 1. The van der Waals surface area contributed by atoms with Crippen LogP contribution in [0.5, 0.6) is 0 Å². The van der Waals surface area contributed by atoms with Gasteiger partial charge in [-0.3, -0.25) is 4.79 Å². The smallest absolute Gasteiger partial charge is 0.302 e. The van der Waals surface area contributed by atoms with Gasteiger partial charge in [-0.1, -0.05) is 44.8 Å². The first-order valence-electron chi connectivity index (χ1n) is 7.68. The zero-order valence-corrected chi connectivity index (χ0v) is 13.5. The number of hydrogen-bond acceptors (Lipinski definition) is 2. The molecule has 0 aliphatic carbocycles. The molecule has 0 rings (SSSR count). The largest absolute Gasteiger partial charge is 0.466 e. The number of rotatable bonds is 10. The summed E-state index contributed by atoms with van der Waals surface area (Å²) in [7, 11) is 0. The number of carbonyl (C=O) groups is 1. The maximum absolute atomic E-state index is 10.6. The molecule has 0 aliphatic rings. The molecule has 2 atom stereocenters. The van der Waals surface area contributed by atoms with Crippen LogP contribution in [-0.2, 0) is 9.53 Å². The van der Waals surface area contributed by atoms with Crippen molar-refractivity contribution >= 4 is 5.97 Å². The van der Waals surface area contributed by atoms with Gasteiger partial charge in [0.2, 0.25) is 0 Å². The summed E-state index contributed by atoms with van der Waals surface area (Å²) in [4.78, 5) is 10.6. The van der Waals surface area contributed by atoms with Crippen molar-refractivity contribution in [3.05, 3.63) is 11.6 Å². The number of esters is 1. The molecule has 2 heteroatoms.